The van der Waals surface area contributed by atoms with Gasteiger partial charge in [0.05, 0.1) is 16.9 Å². The first-order valence-electron chi connectivity index (χ1n) is 19.6. The summed E-state index contributed by atoms with van der Waals surface area (Å²) in [5, 5.41) is 21.2. The van der Waals surface area contributed by atoms with Crippen LogP contribution >= 0.6 is 11.3 Å². The van der Waals surface area contributed by atoms with E-state index < -0.39 is 12.1 Å². The van der Waals surface area contributed by atoms with Crippen LogP contribution in [0.2, 0.25) is 0 Å². The van der Waals surface area contributed by atoms with Crippen molar-refractivity contribution in [3.05, 3.63) is 106 Å². The summed E-state index contributed by atoms with van der Waals surface area (Å²) in [5.41, 5.74) is 12.6. The van der Waals surface area contributed by atoms with Gasteiger partial charge in [0, 0.05) is 65.9 Å². The zero-order valence-corrected chi connectivity index (χ0v) is 33.6. The lowest BCUT2D eigenvalue weighted by Crippen LogP contribution is -2.36. The van der Waals surface area contributed by atoms with Gasteiger partial charge in [-0.1, -0.05) is 31.4 Å². The normalized spacial score (nSPS) is 13.7. The second kappa shape index (κ2) is 22.0. The summed E-state index contributed by atoms with van der Waals surface area (Å²) < 4.78 is 37.2. The van der Waals surface area contributed by atoms with E-state index in [9.17, 15) is 32.3 Å². The topological polar surface area (TPSA) is 205 Å². The van der Waals surface area contributed by atoms with Crippen LogP contribution < -0.4 is 31.7 Å². The highest BCUT2D eigenvalue weighted by Gasteiger charge is 2.38. The van der Waals surface area contributed by atoms with E-state index in [1.165, 1.54) is 0 Å². The van der Waals surface area contributed by atoms with E-state index in [-0.39, 0.29) is 42.3 Å². The highest BCUT2D eigenvalue weighted by Crippen LogP contribution is 2.33. The van der Waals surface area contributed by atoms with Crippen molar-refractivity contribution in [3.63, 3.8) is 0 Å². The molecule has 320 valence electrons. The number of thiazole rings is 1. The molecule has 1 fully saturated rings. The molecule has 0 spiro atoms. The number of carboxylic acids is 1. The van der Waals surface area contributed by atoms with E-state index in [0.717, 1.165) is 75.7 Å². The minimum atomic E-state index is -5.08. The number of carboxylic acid groups (broad SMARTS) is 1. The van der Waals surface area contributed by atoms with Crippen LogP contribution in [0.3, 0.4) is 0 Å². The highest BCUT2D eigenvalue weighted by molar-refractivity contribution is 7.07. The number of carbonyl (C=O) groups is 5. The number of aromatic nitrogens is 1. The van der Waals surface area contributed by atoms with Crippen LogP contribution in [-0.4, -0.2) is 89.1 Å². The van der Waals surface area contributed by atoms with E-state index in [4.69, 9.17) is 20.4 Å². The van der Waals surface area contributed by atoms with Gasteiger partial charge in [-0.2, -0.15) is 13.2 Å². The molecule has 1 aromatic heterocycles. The lowest BCUT2D eigenvalue weighted by atomic mass is 10.1. The molecule has 3 aromatic carbocycles. The zero-order chi connectivity index (χ0) is 43.1. The Morgan fingerprint density at radius 3 is 2.20 bits per heavy atom. The number of benzene rings is 3. The summed E-state index contributed by atoms with van der Waals surface area (Å²) in [6, 6.07) is 19.4. The van der Waals surface area contributed by atoms with Crippen molar-refractivity contribution < 1.29 is 47.0 Å². The van der Waals surface area contributed by atoms with Gasteiger partial charge in [0.1, 0.15) is 5.75 Å². The fourth-order valence-electron chi connectivity index (χ4n) is 6.17. The van der Waals surface area contributed by atoms with E-state index >= 15 is 0 Å². The molecule has 2 aliphatic rings. The molecule has 4 aromatic rings. The number of ether oxygens (including phenoxy) is 1. The van der Waals surface area contributed by atoms with Crippen LogP contribution in [0.1, 0.15) is 87.3 Å². The molecule has 0 radical (unpaired) electrons. The average molecular weight is 852 g/mol. The van der Waals surface area contributed by atoms with Crippen molar-refractivity contribution in [3.8, 4) is 5.75 Å². The molecule has 0 bridgehead atoms. The van der Waals surface area contributed by atoms with Crippen molar-refractivity contribution in [2.24, 2.45) is 5.73 Å². The largest absolute Gasteiger partial charge is 0.490 e. The molecule has 1 aliphatic carbocycles. The molecule has 14 nitrogen and oxygen atoms in total. The third kappa shape index (κ3) is 14.5. The van der Waals surface area contributed by atoms with Crippen molar-refractivity contribution in [2.75, 3.05) is 36.9 Å². The van der Waals surface area contributed by atoms with E-state index in [0.29, 0.717) is 46.9 Å². The fourth-order valence-corrected chi connectivity index (χ4v) is 6.74. The summed E-state index contributed by atoms with van der Waals surface area (Å²) >= 11 is 1.59. The molecule has 1 aliphatic heterocycles. The Morgan fingerprint density at radius 1 is 0.917 bits per heavy atom. The van der Waals surface area contributed by atoms with Gasteiger partial charge in [-0.15, -0.1) is 11.3 Å². The Morgan fingerprint density at radius 2 is 1.55 bits per heavy atom. The number of amides is 4. The fraction of sp³-hybridized carbons (Fsp3) is 0.381. The highest BCUT2D eigenvalue weighted by atomic mass is 32.1. The van der Waals surface area contributed by atoms with Gasteiger partial charge in [-0.05, 0) is 92.4 Å². The first-order chi connectivity index (χ1) is 28.8. The van der Waals surface area contributed by atoms with Crippen LogP contribution in [0.4, 0.5) is 24.5 Å². The third-order valence-electron chi connectivity index (χ3n) is 9.50. The maximum Gasteiger partial charge on any atom is 0.490 e. The van der Waals surface area contributed by atoms with E-state index in [1.807, 2.05) is 27.9 Å². The van der Waals surface area contributed by atoms with Gasteiger partial charge in [-0.25, -0.2) is 9.78 Å². The number of unbranched alkanes of at least 4 members (excludes halogenated alkanes) is 4. The summed E-state index contributed by atoms with van der Waals surface area (Å²) in [6.07, 6.45) is 2.93. The Balaban J connectivity index is 0.000000896. The van der Waals surface area contributed by atoms with Crippen molar-refractivity contribution in [1.82, 2.24) is 20.5 Å². The SMILES string of the molecule is N[C@H](CNCCCCCCCNC(=O)c1ccc(NC(=O)c2ccc(CN(C(=O)c3ccc4c(c3)OCC(=O)N4)C3CC3)cc2)cc1)Cc1cscn1.O=C(O)C(F)(F)F. The van der Waals surface area contributed by atoms with Gasteiger partial charge >= 0.3 is 12.1 Å². The molecule has 2 heterocycles. The molecular weight excluding hydrogens is 804 g/mol. The van der Waals surface area contributed by atoms with Crippen molar-refractivity contribution >= 4 is 52.3 Å². The predicted molar refractivity (Wildman–Crippen MR) is 220 cm³/mol. The molecule has 18 heteroatoms. The van der Waals surface area contributed by atoms with Gasteiger partial charge in [-0.3, -0.25) is 19.2 Å². The summed E-state index contributed by atoms with van der Waals surface area (Å²) in [4.78, 5) is 65.7. The second-order valence-corrected chi connectivity index (χ2v) is 15.1. The maximum absolute atomic E-state index is 13.5. The monoisotopic (exact) mass is 851 g/mol. The number of halogens is 3. The molecule has 0 saturated heterocycles. The number of fused-ring (bicyclic) bond motifs is 1. The van der Waals surface area contributed by atoms with Crippen molar-refractivity contribution in [1.29, 1.82) is 0 Å². The number of hydrogen-bond donors (Lipinski definition) is 6. The first kappa shape index (κ1) is 45.2. The number of anilines is 2. The van der Waals surface area contributed by atoms with E-state index in [2.05, 4.69) is 26.3 Å². The number of nitrogens with one attached hydrogen (secondary N) is 4. The lowest BCUT2D eigenvalue weighted by Gasteiger charge is -2.24. The molecule has 60 heavy (non-hydrogen) atoms. The average Bonchev–Trinajstić information content (AvgIpc) is 3.95. The Labute approximate surface area is 349 Å². The van der Waals surface area contributed by atoms with Gasteiger partial charge in [0.2, 0.25) is 0 Å². The number of carbonyl (C=O) groups excluding carboxylic acids is 4. The van der Waals surface area contributed by atoms with Crippen LogP contribution in [0.5, 0.6) is 5.75 Å². The number of aliphatic carboxylic acids is 1. The third-order valence-corrected chi connectivity index (χ3v) is 10.1. The Kier molecular flexibility index (Phi) is 16.5. The number of rotatable bonds is 19. The van der Waals surface area contributed by atoms with Crippen LogP contribution in [0.15, 0.2) is 77.6 Å². The van der Waals surface area contributed by atoms with Crippen molar-refractivity contribution in [2.45, 2.75) is 76.2 Å². The molecule has 1 saturated carbocycles. The molecule has 6 rings (SSSR count). The number of hydrogen-bond acceptors (Lipinski definition) is 10. The summed E-state index contributed by atoms with van der Waals surface area (Å²) in [6.45, 7) is 2.69. The summed E-state index contributed by atoms with van der Waals surface area (Å²) in [5.74, 6) is -3.00. The smallest absolute Gasteiger partial charge is 0.482 e. The molecule has 0 unspecified atom stereocenters. The standard InChI is InChI=1S/C40H47N7O5S.C2HF3O2/c41-31(21-33-25-53-26-44-33)22-42-18-4-2-1-3-5-19-43-38(49)28-10-13-32(14-11-28)45-39(50)29-8-6-27(7-9-29)23-47(34-15-16-34)40(51)30-12-17-35-36(20-30)52-24-37(48)46-35;3-2(4,5)1(6)7/h6-14,17,20,25-26,31,34,42H,1-5,15-16,18-19,21-24,41H2,(H,43,49)(H,45,50)(H,46,48);(H,6,7)/t31-;/m0./s1. The molecule has 1 atom stereocenters. The second-order valence-electron chi connectivity index (χ2n) is 14.4. The minimum Gasteiger partial charge on any atom is -0.482 e. The molecule has 7 N–H and O–H groups in total. The Hall–Kier alpha value is -5.85. The predicted octanol–water partition coefficient (Wildman–Crippen LogP) is 6.00. The van der Waals surface area contributed by atoms with Gasteiger partial charge < -0.3 is 41.7 Å². The molecular formula is C42H48F3N7O7S. The maximum atomic E-state index is 13.5. The van der Waals surface area contributed by atoms with Crippen LogP contribution in [0.25, 0.3) is 0 Å². The van der Waals surface area contributed by atoms with Gasteiger partial charge in [0.25, 0.3) is 23.6 Å². The summed E-state index contributed by atoms with van der Waals surface area (Å²) in [7, 11) is 0. The lowest BCUT2D eigenvalue weighted by molar-refractivity contribution is -0.192. The number of nitrogens with zero attached hydrogens (tertiary/aromatic N) is 2. The zero-order valence-electron chi connectivity index (χ0n) is 32.8. The van der Waals surface area contributed by atoms with Crippen LogP contribution in [0, 0.1) is 0 Å². The van der Waals surface area contributed by atoms with Gasteiger partial charge in [0.15, 0.2) is 6.61 Å². The minimum absolute atomic E-state index is 0.0765. The molecule has 4 amide bonds. The number of nitrogens with two attached hydrogens (primary N) is 1. The first-order valence-corrected chi connectivity index (χ1v) is 20.5. The van der Waals surface area contributed by atoms with E-state index in [1.54, 1.807) is 65.9 Å². The Bertz CT molecular complexity index is 2060. The number of alkyl halides is 3. The van der Waals surface area contributed by atoms with Crippen LogP contribution in [-0.2, 0) is 22.6 Å². The quantitative estimate of drug-likeness (QED) is 0.0607.